The molecule has 0 spiro atoms. The minimum Gasteiger partial charge on any atom is -0.317 e. The topological polar surface area (TPSA) is 28.2 Å². The molecule has 3 nitrogen and oxygen atoms in total. The lowest BCUT2D eigenvalue weighted by molar-refractivity contribution is 0.343. The number of hydrogen-bond acceptors (Lipinski definition) is 3. The van der Waals surface area contributed by atoms with Gasteiger partial charge in [-0.3, -0.25) is 0 Å². The fourth-order valence-electron chi connectivity index (χ4n) is 1.85. The Morgan fingerprint density at radius 1 is 1.12 bits per heavy atom. The molecule has 16 heavy (non-hydrogen) atoms. The molecule has 0 amide bonds. The number of hydrogen-bond donors (Lipinski definition) is 1. The Hall–Kier alpha value is -0.510. The molecule has 0 atom stereocenters. The van der Waals surface area contributed by atoms with E-state index in [1.54, 1.807) is 6.20 Å². The van der Waals surface area contributed by atoms with E-state index in [-0.39, 0.29) is 0 Å². The quantitative estimate of drug-likeness (QED) is 0.823. The molecule has 1 aromatic heterocycles. The standard InChI is InChI=1S/C11H15Cl2N3/c12-10-7-9(8-14-11(10)13)15-16-5-3-1-2-4-6-16/h7-8,15H,1-6H2. The molecule has 0 unspecified atom stereocenters. The molecule has 1 saturated heterocycles. The van der Waals surface area contributed by atoms with Gasteiger partial charge in [-0.25, -0.2) is 9.99 Å². The lowest BCUT2D eigenvalue weighted by Crippen LogP contribution is -2.30. The Morgan fingerprint density at radius 2 is 1.81 bits per heavy atom. The molecule has 1 aliphatic rings. The van der Waals surface area contributed by atoms with Gasteiger partial charge >= 0.3 is 0 Å². The Labute approximate surface area is 106 Å². The van der Waals surface area contributed by atoms with Gasteiger partial charge in [0.1, 0.15) is 5.15 Å². The van der Waals surface area contributed by atoms with Crippen molar-refractivity contribution >= 4 is 28.9 Å². The summed E-state index contributed by atoms with van der Waals surface area (Å²) in [4.78, 5) is 4.01. The largest absolute Gasteiger partial charge is 0.317 e. The van der Waals surface area contributed by atoms with E-state index >= 15 is 0 Å². The number of hydrazine groups is 1. The zero-order valence-electron chi connectivity index (χ0n) is 9.05. The van der Waals surface area contributed by atoms with E-state index in [9.17, 15) is 0 Å². The summed E-state index contributed by atoms with van der Waals surface area (Å²) in [5.74, 6) is 0. The first-order valence-electron chi connectivity index (χ1n) is 5.58. The van der Waals surface area contributed by atoms with Crippen LogP contribution < -0.4 is 5.43 Å². The first kappa shape index (κ1) is 12.0. The number of nitrogens with zero attached hydrogens (tertiary/aromatic N) is 2. The smallest absolute Gasteiger partial charge is 0.147 e. The monoisotopic (exact) mass is 259 g/mol. The van der Waals surface area contributed by atoms with Crippen LogP contribution in [-0.4, -0.2) is 23.1 Å². The minimum absolute atomic E-state index is 0.350. The SMILES string of the molecule is Clc1cc(NN2CCCCCC2)cnc1Cl. The summed E-state index contributed by atoms with van der Waals surface area (Å²) in [7, 11) is 0. The van der Waals surface area contributed by atoms with Gasteiger partial charge < -0.3 is 5.43 Å². The van der Waals surface area contributed by atoms with E-state index in [1.807, 2.05) is 6.07 Å². The molecule has 0 bridgehead atoms. The Balaban J connectivity index is 1.99. The van der Waals surface area contributed by atoms with E-state index in [4.69, 9.17) is 23.2 Å². The van der Waals surface area contributed by atoms with Crippen LogP contribution in [0.25, 0.3) is 0 Å². The number of nitrogens with one attached hydrogen (secondary N) is 1. The van der Waals surface area contributed by atoms with Gasteiger partial charge in [0.05, 0.1) is 16.9 Å². The van der Waals surface area contributed by atoms with Gasteiger partial charge in [0.15, 0.2) is 0 Å². The number of rotatable bonds is 2. The van der Waals surface area contributed by atoms with Crippen molar-refractivity contribution in [1.29, 1.82) is 0 Å². The molecule has 1 aliphatic heterocycles. The van der Waals surface area contributed by atoms with Crippen LogP contribution in [-0.2, 0) is 0 Å². The van der Waals surface area contributed by atoms with Crippen molar-refractivity contribution in [3.05, 3.63) is 22.4 Å². The van der Waals surface area contributed by atoms with Crippen LogP contribution in [0.3, 0.4) is 0 Å². The van der Waals surface area contributed by atoms with Gasteiger partial charge in [-0.1, -0.05) is 36.0 Å². The Kier molecular flexibility index (Phi) is 4.27. The minimum atomic E-state index is 0.350. The highest BCUT2D eigenvalue weighted by Crippen LogP contribution is 2.23. The lowest BCUT2D eigenvalue weighted by Gasteiger charge is -2.22. The van der Waals surface area contributed by atoms with E-state index in [2.05, 4.69) is 15.4 Å². The Bertz CT molecular complexity index is 349. The highest BCUT2D eigenvalue weighted by atomic mass is 35.5. The molecule has 2 heterocycles. The van der Waals surface area contributed by atoms with E-state index < -0.39 is 0 Å². The molecule has 1 fully saturated rings. The third kappa shape index (κ3) is 3.24. The molecule has 0 saturated carbocycles. The van der Waals surface area contributed by atoms with Gasteiger partial charge in [0.25, 0.3) is 0 Å². The van der Waals surface area contributed by atoms with Crippen molar-refractivity contribution < 1.29 is 0 Å². The fourth-order valence-corrected chi connectivity index (χ4v) is 2.12. The molecule has 88 valence electrons. The van der Waals surface area contributed by atoms with Crippen LogP contribution in [0.4, 0.5) is 5.69 Å². The predicted octanol–water partition coefficient (Wildman–Crippen LogP) is 3.59. The van der Waals surface area contributed by atoms with Crippen molar-refractivity contribution in [3.63, 3.8) is 0 Å². The number of pyridine rings is 1. The summed E-state index contributed by atoms with van der Waals surface area (Å²) in [6.45, 7) is 2.14. The van der Waals surface area contributed by atoms with Crippen LogP contribution in [0.15, 0.2) is 12.3 Å². The summed E-state index contributed by atoms with van der Waals surface area (Å²) in [5.41, 5.74) is 4.22. The molecular formula is C11H15Cl2N3. The van der Waals surface area contributed by atoms with Crippen LogP contribution in [0, 0.1) is 0 Å². The highest BCUT2D eigenvalue weighted by Gasteiger charge is 2.09. The highest BCUT2D eigenvalue weighted by molar-refractivity contribution is 6.41. The van der Waals surface area contributed by atoms with Crippen LogP contribution in [0.2, 0.25) is 10.2 Å². The van der Waals surface area contributed by atoms with Gasteiger partial charge in [-0.05, 0) is 18.9 Å². The average Bonchev–Trinajstić information content (AvgIpc) is 2.52. The van der Waals surface area contributed by atoms with Crippen LogP contribution in [0.5, 0.6) is 0 Å². The maximum atomic E-state index is 5.91. The van der Waals surface area contributed by atoms with Crippen molar-refractivity contribution in [1.82, 2.24) is 9.99 Å². The predicted molar refractivity (Wildman–Crippen MR) is 67.9 cm³/mol. The molecule has 1 N–H and O–H groups in total. The number of halogens is 2. The summed E-state index contributed by atoms with van der Waals surface area (Å²) >= 11 is 11.7. The fraction of sp³-hybridized carbons (Fsp3) is 0.545. The molecule has 0 aromatic carbocycles. The van der Waals surface area contributed by atoms with Gasteiger partial charge in [0, 0.05) is 13.1 Å². The van der Waals surface area contributed by atoms with Gasteiger partial charge in [0.2, 0.25) is 0 Å². The second-order valence-electron chi connectivity index (χ2n) is 4.01. The summed E-state index contributed by atoms with van der Waals surface area (Å²) < 4.78 is 0. The average molecular weight is 260 g/mol. The van der Waals surface area contributed by atoms with Crippen molar-refractivity contribution in [2.75, 3.05) is 18.5 Å². The molecule has 0 radical (unpaired) electrons. The Morgan fingerprint density at radius 3 is 2.44 bits per heavy atom. The molecule has 1 aromatic rings. The third-order valence-corrected chi connectivity index (χ3v) is 3.38. The summed E-state index contributed by atoms with van der Waals surface area (Å²) in [6, 6.07) is 1.81. The zero-order valence-corrected chi connectivity index (χ0v) is 10.6. The molecular weight excluding hydrogens is 245 g/mol. The molecule has 0 aliphatic carbocycles. The maximum absolute atomic E-state index is 5.91. The maximum Gasteiger partial charge on any atom is 0.147 e. The van der Waals surface area contributed by atoms with Gasteiger partial charge in [-0.15, -0.1) is 0 Å². The summed E-state index contributed by atoms with van der Waals surface area (Å²) in [5, 5.41) is 3.05. The van der Waals surface area contributed by atoms with E-state index in [0.717, 1.165) is 18.8 Å². The second kappa shape index (κ2) is 5.71. The van der Waals surface area contributed by atoms with Crippen LogP contribution >= 0.6 is 23.2 Å². The lowest BCUT2D eigenvalue weighted by atomic mass is 10.2. The van der Waals surface area contributed by atoms with Gasteiger partial charge in [-0.2, -0.15) is 0 Å². The molecule has 2 rings (SSSR count). The number of aromatic nitrogens is 1. The van der Waals surface area contributed by atoms with Crippen molar-refractivity contribution in [3.8, 4) is 0 Å². The van der Waals surface area contributed by atoms with E-state index in [1.165, 1.54) is 25.7 Å². The molecule has 5 heteroatoms. The first-order valence-corrected chi connectivity index (χ1v) is 6.34. The van der Waals surface area contributed by atoms with Crippen LogP contribution in [0.1, 0.15) is 25.7 Å². The van der Waals surface area contributed by atoms with E-state index in [0.29, 0.717) is 10.2 Å². The normalized spacial score (nSPS) is 18.1. The van der Waals surface area contributed by atoms with Crippen molar-refractivity contribution in [2.24, 2.45) is 0 Å². The zero-order chi connectivity index (χ0) is 11.4. The summed E-state index contributed by atoms with van der Waals surface area (Å²) in [6.07, 6.45) is 6.82. The van der Waals surface area contributed by atoms with Crippen molar-refractivity contribution in [2.45, 2.75) is 25.7 Å². The third-order valence-electron chi connectivity index (χ3n) is 2.69. The second-order valence-corrected chi connectivity index (χ2v) is 4.77. The number of anilines is 1. The first-order chi connectivity index (χ1) is 7.75.